The zero-order valence-electron chi connectivity index (χ0n) is 10.8. The van der Waals surface area contributed by atoms with Gasteiger partial charge >= 0.3 is 0 Å². The Morgan fingerprint density at radius 3 is 2.44 bits per heavy atom. The summed E-state index contributed by atoms with van der Waals surface area (Å²) in [6, 6.07) is 10.3. The fourth-order valence-electron chi connectivity index (χ4n) is 2.66. The second kappa shape index (κ2) is 7.01. The van der Waals surface area contributed by atoms with Crippen molar-refractivity contribution in [2.24, 2.45) is 5.92 Å². The number of hydrogen-bond donors (Lipinski definition) is 1. The third-order valence-electron chi connectivity index (χ3n) is 3.72. The lowest BCUT2D eigenvalue weighted by atomic mass is 9.84. The molecule has 2 heteroatoms. The van der Waals surface area contributed by atoms with Gasteiger partial charge in [0.05, 0.1) is 11.4 Å². The van der Waals surface area contributed by atoms with Crippen LogP contribution in [0.2, 0.25) is 0 Å². The maximum atomic E-state index is 10.5. The van der Waals surface area contributed by atoms with E-state index in [1.54, 1.807) is 11.8 Å². The molecule has 18 heavy (non-hydrogen) atoms. The highest BCUT2D eigenvalue weighted by Crippen LogP contribution is 2.34. The van der Waals surface area contributed by atoms with E-state index in [1.165, 1.54) is 37.0 Å². The monoisotopic (exact) mass is 262 g/mol. The normalized spacial score (nSPS) is 20.3. The molecule has 0 unspecified atom stereocenters. The molecule has 0 saturated heterocycles. The van der Waals surface area contributed by atoms with Gasteiger partial charge in [0.25, 0.3) is 0 Å². The molecule has 1 fully saturated rings. The van der Waals surface area contributed by atoms with E-state index < -0.39 is 0 Å². The van der Waals surface area contributed by atoms with E-state index in [4.69, 9.17) is 0 Å². The topological polar surface area (TPSA) is 20.2 Å². The Balaban J connectivity index is 1.97. The fraction of sp³-hybridized carbons (Fsp3) is 0.500. The minimum absolute atomic E-state index is 0.107. The number of benzene rings is 1. The quantitative estimate of drug-likeness (QED) is 0.631. The van der Waals surface area contributed by atoms with Crippen molar-refractivity contribution in [1.82, 2.24) is 0 Å². The van der Waals surface area contributed by atoms with Crippen molar-refractivity contribution in [3.8, 4) is 0 Å². The van der Waals surface area contributed by atoms with Gasteiger partial charge in [-0.1, -0.05) is 43.5 Å². The van der Waals surface area contributed by atoms with Crippen LogP contribution in [0.4, 0.5) is 0 Å². The average Bonchev–Trinajstić information content (AvgIpc) is 2.46. The first-order valence-electron chi connectivity index (χ1n) is 6.83. The Labute approximate surface area is 114 Å². The molecule has 2 atom stereocenters. The number of aliphatic hydroxyl groups excluding tert-OH is 1. The van der Waals surface area contributed by atoms with Gasteiger partial charge < -0.3 is 5.11 Å². The number of rotatable bonds is 5. The SMILES string of the molecule is C=C[C@H](Sc1ccccc1)[C@H](O)C1CCCCC1. The third kappa shape index (κ3) is 3.63. The predicted octanol–water partition coefficient (Wildman–Crippen LogP) is 4.27. The lowest BCUT2D eigenvalue weighted by Gasteiger charge is -2.30. The number of hydrogen-bond acceptors (Lipinski definition) is 2. The van der Waals surface area contributed by atoms with Crippen LogP contribution >= 0.6 is 11.8 Å². The molecule has 0 radical (unpaired) electrons. The molecule has 0 spiro atoms. The van der Waals surface area contributed by atoms with Gasteiger partial charge in [0, 0.05) is 4.90 Å². The summed E-state index contributed by atoms with van der Waals surface area (Å²) in [6.07, 6.45) is 7.84. The first-order chi connectivity index (χ1) is 8.81. The predicted molar refractivity (Wildman–Crippen MR) is 78.9 cm³/mol. The van der Waals surface area contributed by atoms with Gasteiger partial charge in [-0.2, -0.15) is 0 Å². The van der Waals surface area contributed by atoms with Crippen LogP contribution < -0.4 is 0 Å². The second-order valence-electron chi connectivity index (χ2n) is 5.02. The first kappa shape index (κ1) is 13.7. The van der Waals surface area contributed by atoms with E-state index in [1.807, 2.05) is 24.3 Å². The summed E-state index contributed by atoms with van der Waals surface area (Å²) in [6.45, 7) is 3.89. The minimum Gasteiger partial charge on any atom is -0.391 e. The van der Waals surface area contributed by atoms with Crippen molar-refractivity contribution in [2.75, 3.05) is 0 Å². The van der Waals surface area contributed by atoms with Gasteiger partial charge in [-0.25, -0.2) is 0 Å². The maximum Gasteiger partial charge on any atom is 0.0725 e. The summed E-state index contributed by atoms with van der Waals surface area (Å²) >= 11 is 1.72. The molecule has 0 bridgehead atoms. The molecule has 2 rings (SSSR count). The highest BCUT2D eigenvalue weighted by molar-refractivity contribution is 8.00. The van der Waals surface area contributed by atoms with Crippen molar-refractivity contribution in [3.63, 3.8) is 0 Å². The van der Waals surface area contributed by atoms with E-state index in [0.717, 1.165) is 0 Å². The maximum absolute atomic E-state index is 10.5. The van der Waals surface area contributed by atoms with Gasteiger partial charge in [0.15, 0.2) is 0 Å². The van der Waals surface area contributed by atoms with Crippen LogP contribution in [0.25, 0.3) is 0 Å². The van der Waals surface area contributed by atoms with E-state index in [-0.39, 0.29) is 11.4 Å². The Morgan fingerprint density at radius 2 is 1.83 bits per heavy atom. The van der Waals surface area contributed by atoms with Crippen molar-refractivity contribution >= 4 is 11.8 Å². The van der Waals surface area contributed by atoms with Crippen LogP contribution in [-0.4, -0.2) is 16.5 Å². The molecule has 1 aliphatic rings. The third-order valence-corrected chi connectivity index (χ3v) is 5.00. The molecular weight excluding hydrogens is 240 g/mol. The largest absolute Gasteiger partial charge is 0.391 e. The summed E-state index contributed by atoms with van der Waals surface area (Å²) in [5, 5.41) is 10.6. The van der Waals surface area contributed by atoms with Gasteiger partial charge in [-0.3, -0.25) is 0 Å². The summed E-state index contributed by atoms with van der Waals surface area (Å²) in [7, 11) is 0. The highest BCUT2D eigenvalue weighted by atomic mass is 32.2. The Bertz CT molecular complexity index is 357. The molecule has 1 saturated carbocycles. The Hall–Kier alpha value is -0.730. The smallest absolute Gasteiger partial charge is 0.0725 e. The lowest BCUT2D eigenvalue weighted by Crippen LogP contribution is -2.31. The average molecular weight is 262 g/mol. The van der Waals surface area contributed by atoms with E-state index in [0.29, 0.717) is 5.92 Å². The molecule has 1 aromatic rings. The van der Waals surface area contributed by atoms with Crippen molar-refractivity contribution in [1.29, 1.82) is 0 Å². The molecule has 1 aromatic carbocycles. The van der Waals surface area contributed by atoms with Crippen LogP contribution in [0.3, 0.4) is 0 Å². The summed E-state index contributed by atoms with van der Waals surface area (Å²) in [5.74, 6) is 0.456. The van der Waals surface area contributed by atoms with Crippen LogP contribution in [0.5, 0.6) is 0 Å². The van der Waals surface area contributed by atoms with Crippen LogP contribution in [0.1, 0.15) is 32.1 Å². The molecule has 1 aliphatic carbocycles. The summed E-state index contributed by atoms with van der Waals surface area (Å²) < 4.78 is 0. The molecular formula is C16H22OS. The number of thioether (sulfide) groups is 1. The van der Waals surface area contributed by atoms with E-state index >= 15 is 0 Å². The minimum atomic E-state index is -0.256. The molecule has 0 heterocycles. The fourth-order valence-corrected chi connectivity index (χ4v) is 3.74. The van der Waals surface area contributed by atoms with Crippen LogP contribution in [0, 0.1) is 5.92 Å². The zero-order valence-corrected chi connectivity index (χ0v) is 11.6. The van der Waals surface area contributed by atoms with Crippen molar-refractivity contribution in [3.05, 3.63) is 43.0 Å². The lowest BCUT2D eigenvalue weighted by molar-refractivity contribution is 0.0916. The summed E-state index contributed by atoms with van der Waals surface area (Å²) in [5.41, 5.74) is 0. The zero-order chi connectivity index (χ0) is 12.8. The molecule has 1 nitrogen and oxygen atoms in total. The standard InChI is InChI=1S/C16H22OS/c1-2-15(18-14-11-7-4-8-12-14)16(17)13-9-5-3-6-10-13/h2,4,7-8,11-13,15-17H,1,3,5-6,9-10H2/t15-,16+/m0/s1. The van der Waals surface area contributed by atoms with E-state index in [2.05, 4.69) is 18.7 Å². The number of aliphatic hydroxyl groups is 1. The molecule has 0 aliphatic heterocycles. The van der Waals surface area contributed by atoms with Gasteiger partial charge in [-0.15, -0.1) is 18.3 Å². The Kier molecular flexibility index (Phi) is 5.33. The van der Waals surface area contributed by atoms with Crippen LogP contribution in [0.15, 0.2) is 47.9 Å². The van der Waals surface area contributed by atoms with Crippen LogP contribution in [-0.2, 0) is 0 Å². The second-order valence-corrected chi connectivity index (χ2v) is 6.27. The first-order valence-corrected chi connectivity index (χ1v) is 7.71. The van der Waals surface area contributed by atoms with Gasteiger partial charge in [-0.05, 0) is 30.9 Å². The highest BCUT2D eigenvalue weighted by Gasteiger charge is 2.27. The van der Waals surface area contributed by atoms with Crippen molar-refractivity contribution in [2.45, 2.75) is 48.4 Å². The molecule has 98 valence electrons. The molecule has 1 N–H and O–H groups in total. The van der Waals surface area contributed by atoms with Crippen molar-refractivity contribution < 1.29 is 5.11 Å². The van der Waals surface area contributed by atoms with Gasteiger partial charge in [0.1, 0.15) is 0 Å². The van der Waals surface area contributed by atoms with E-state index in [9.17, 15) is 5.11 Å². The molecule has 0 amide bonds. The molecule has 0 aromatic heterocycles. The van der Waals surface area contributed by atoms with Gasteiger partial charge in [0.2, 0.25) is 0 Å². The summed E-state index contributed by atoms with van der Waals surface area (Å²) in [4.78, 5) is 1.21. The Morgan fingerprint density at radius 1 is 1.17 bits per heavy atom.